The molecule has 0 radical (unpaired) electrons. The zero-order valence-electron chi connectivity index (χ0n) is 19.3. The van der Waals surface area contributed by atoms with Crippen molar-refractivity contribution in [2.45, 2.75) is 6.61 Å². The van der Waals surface area contributed by atoms with Crippen LogP contribution in [0.2, 0.25) is 15.1 Å². The van der Waals surface area contributed by atoms with Gasteiger partial charge in [-0.1, -0.05) is 59.1 Å². The lowest BCUT2D eigenvalue weighted by molar-refractivity contribution is -0.127. The molecule has 1 fully saturated rings. The molecular formula is C26H19Cl3N2O5S. The Balaban J connectivity index is 1.44. The van der Waals surface area contributed by atoms with E-state index in [1.807, 2.05) is 0 Å². The van der Waals surface area contributed by atoms with Crippen molar-refractivity contribution in [2.75, 3.05) is 19.0 Å². The molecule has 0 aromatic heterocycles. The molecule has 0 unspecified atom stereocenters. The summed E-state index contributed by atoms with van der Waals surface area (Å²) in [5.74, 6) is -0.214. The Bertz CT molecular complexity index is 1410. The van der Waals surface area contributed by atoms with Gasteiger partial charge in [0.25, 0.3) is 11.1 Å². The Morgan fingerprint density at radius 2 is 1.78 bits per heavy atom. The molecule has 3 aromatic carbocycles. The largest absolute Gasteiger partial charge is 0.493 e. The predicted octanol–water partition coefficient (Wildman–Crippen LogP) is 6.91. The van der Waals surface area contributed by atoms with Crippen molar-refractivity contribution in [1.82, 2.24) is 4.90 Å². The quantitative estimate of drug-likeness (QED) is 0.293. The van der Waals surface area contributed by atoms with Gasteiger partial charge in [-0.2, -0.15) is 0 Å². The number of imide groups is 1. The molecule has 0 atom stereocenters. The number of carbonyl (C=O) groups is 3. The fourth-order valence-corrected chi connectivity index (χ4v) is 4.86. The molecule has 4 rings (SSSR count). The lowest BCUT2D eigenvalue weighted by atomic mass is 10.1. The van der Waals surface area contributed by atoms with E-state index >= 15 is 0 Å². The first-order valence-corrected chi connectivity index (χ1v) is 12.7. The van der Waals surface area contributed by atoms with Gasteiger partial charge in [0, 0.05) is 15.6 Å². The molecule has 0 saturated carbocycles. The number of ether oxygens (including phenoxy) is 2. The molecule has 3 amide bonds. The van der Waals surface area contributed by atoms with Crippen LogP contribution in [0.1, 0.15) is 11.1 Å². The van der Waals surface area contributed by atoms with Crippen molar-refractivity contribution < 1.29 is 23.9 Å². The van der Waals surface area contributed by atoms with Crippen molar-refractivity contribution in [3.8, 4) is 11.5 Å². The van der Waals surface area contributed by atoms with Crippen molar-refractivity contribution in [3.63, 3.8) is 0 Å². The van der Waals surface area contributed by atoms with Gasteiger partial charge in [0.15, 0.2) is 11.5 Å². The molecule has 1 aliphatic heterocycles. The van der Waals surface area contributed by atoms with Crippen LogP contribution in [0.4, 0.5) is 10.5 Å². The summed E-state index contributed by atoms with van der Waals surface area (Å²) in [6.45, 7) is -0.239. The number of hydrogen-bond acceptors (Lipinski definition) is 6. The van der Waals surface area contributed by atoms with Gasteiger partial charge in [0.2, 0.25) is 5.91 Å². The molecule has 0 spiro atoms. The maximum atomic E-state index is 12.8. The number of halogens is 3. The smallest absolute Gasteiger partial charge is 0.294 e. The van der Waals surface area contributed by atoms with E-state index in [9.17, 15) is 14.4 Å². The standard InChI is InChI=1S/C26H19Cl3N2O5S/c1-35-22-10-15(6-9-21(22)36-14-16-7-8-17(27)12-19(16)29)11-23-25(33)31(26(34)37-23)13-24(32)30-20-5-3-2-4-18(20)28/h2-12H,13-14H2,1H3,(H,30,32)/b23-11+. The molecule has 1 N–H and O–H groups in total. The number of anilines is 1. The molecule has 0 bridgehead atoms. The van der Waals surface area contributed by atoms with Crippen LogP contribution in [0, 0.1) is 0 Å². The summed E-state index contributed by atoms with van der Waals surface area (Å²) in [5.41, 5.74) is 1.76. The average molecular weight is 578 g/mol. The zero-order chi connectivity index (χ0) is 26.5. The van der Waals surface area contributed by atoms with E-state index in [4.69, 9.17) is 44.3 Å². The van der Waals surface area contributed by atoms with Crippen LogP contribution in [0.15, 0.2) is 65.6 Å². The highest BCUT2D eigenvalue weighted by Crippen LogP contribution is 2.35. The Morgan fingerprint density at radius 1 is 1.00 bits per heavy atom. The zero-order valence-corrected chi connectivity index (χ0v) is 22.4. The van der Waals surface area contributed by atoms with Gasteiger partial charge >= 0.3 is 0 Å². The summed E-state index contributed by atoms with van der Waals surface area (Å²) in [4.78, 5) is 38.8. The predicted molar refractivity (Wildman–Crippen MR) is 147 cm³/mol. The lowest BCUT2D eigenvalue weighted by Gasteiger charge is -2.13. The molecule has 190 valence electrons. The number of carbonyl (C=O) groups excluding carboxylic acids is 3. The molecule has 3 aromatic rings. The normalized spacial score (nSPS) is 14.3. The van der Waals surface area contributed by atoms with Gasteiger partial charge < -0.3 is 14.8 Å². The molecule has 7 nitrogen and oxygen atoms in total. The van der Waals surface area contributed by atoms with Gasteiger partial charge in [-0.3, -0.25) is 19.3 Å². The second kappa shape index (κ2) is 11.9. The molecule has 1 heterocycles. The highest BCUT2D eigenvalue weighted by atomic mass is 35.5. The van der Waals surface area contributed by atoms with Crippen LogP contribution in [-0.2, 0) is 16.2 Å². The number of benzene rings is 3. The van der Waals surface area contributed by atoms with E-state index < -0.39 is 23.6 Å². The Labute approximate surface area is 232 Å². The van der Waals surface area contributed by atoms with Crippen LogP contribution in [0.5, 0.6) is 11.5 Å². The maximum absolute atomic E-state index is 12.8. The summed E-state index contributed by atoms with van der Waals surface area (Å²) in [6.07, 6.45) is 1.55. The van der Waals surface area contributed by atoms with Crippen LogP contribution < -0.4 is 14.8 Å². The number of hydrogen-bond donors (Lipinski definition) is 1. The first-order chi connectivity index (χ1) is 17.7. The number of nitrogens with one attached hydrogen (secondary N) is 1. The van der Waals surface area contributed by atoms with Gasteiger partial charge in [-0.15, -0.1) is 0 Å². The number of rotatable bonds is 8. The minimum absolute atomic E-state index is 0.180. The van der Waals surface area contributed by atoms with Gasteiger partial charge in [-0.05, 0) is 59.8 Å². The first kappa shape index (κ1) is 26.9. The second-order valence-corrected chi connectivity index (χ2v) is 9.97. The Morgan fingerprint density at radius 3 is 2.51 bits per heavy atom. The molecule has 0 aliphatic carbocycles. The minimum atomic E-state index is -0.569. The highest BCUT2D eigenvalue weighted by molar-refractivity contribution is 8.18. The summed E-state index contributed by atoms with van der Waals surface area (Å²) in [5, 5.41) is 3.42. The monoisotopic (exact) mass is 576 g/mol. The third-order valence-electron chi connectivity index (χ3n) is 5.21. The summed E-state index contributed by atoms with van der Waals surface area (Å²) in [6, 6.07) is 16.9. The van der Waals surface area contributed by atoms with Crippen molar-refractivity contribution in [2.24, 2.45) is 0 Å². The van der Waals surface area contributed by atoms with E-state index in [1.165, 1.54) is 7.11 Å². The van der Waals surface area contributed by atoms with Crippen LogP contribution in [0.25, 0.3) is 6.08 Å². The van der Waals surface area contributed by atoms with Gasteiger partial charge in [0.1, 0.15) is 13.2 Å². The van der Waals surface area contributed by atoms with Gasteiger partial charge in [-0.25, -0.2) is 0 Å². The average Bonchev–Trinajstić information content (AvgIpc) is 3.12. The van der Waals surface area contributed by atoms with E-state index in [1.54, 1.807) is 66.7 Å². The fraction of sp³-hybridized carbons (Fsp3) is 0.115. The van der Waals surface area contributed by atoms with E-state index in [2.05, 4.69) is 5.32 Å². The number of para-hydroxylation sites is 1. The van der Waals surface area contributed by atoms with Crippen LogP contribution >= 0.6 is 46.6 Å². The summed E-state index contributed by atoms with van der Waals surface area (Å²) < 4.78 is 11.3. The molecular weight excluding hydrogens is 559 g/mol. The van der Waals surface area contributed by atoms with E-state index in [0.717, 1.165) is 22.2 Å². The maximum Gasteiger partial charge on any atom is 0.294 e. The van der Waals surface area contributed by atoms with Crippen molar-refractivity contribution in [3.05, 3.63) is 91.8 Å². The molecule has 11 heteroatoms. The van der Waals surface area contributed by atoms with Crippen molar-refractivity contribution in [1.29, 1.82) is 0 Å². The van der Waals surface area contributed by atoms with Crippen LogP contribution in [0.3, 0.4) is 0 Å². The third-order valence-corrected chi connectivity index (χ3v) is 7.03. The third kappa shape index (κ3) is 6.59. The number of nitrogens with zero attached hydrogens (tertiary/aromatic N) is 1. The van der Waals surface area contributed by atoms with Gasteiger partial charge in [0.05, 0.1) is 22.7 Å². The summed E-state index contributed by atoms with van der Waals surface area (Å²) in [7, 11) is 1.49. The number of thioether (sulfide) groups is 1. The van der Waals surface area contributed by atoms with Crippen LogP contribution in [-0.4, -0.2) is 35.6 Å². The second-order valence-electron chi connectivity index (χ2n) is 7.73. The summed E-state index contributed by atoms with van der Waals surface area (Å²) >= 11 is 18.9. The molecule has 1 saturated heterocycles. The molecule has 37 heavy (non-hydrogen) atoms. The first-order valence-electron chi connectivity index (χ1n) is 10.8. The highest BCUT2D eigenvalue weighted by Gasteiger charge is 2.36. The SMILES string of the molecule is COc1cc(/C=C2/SC(=O)N(CC(=O)Nc3ccccc3Cl)C2=O)ccc1OCc1ccc(Cl)cc1Cl. The Hall–Kier alpha value is -3.17. The van der Waals surface area contributed by atoms with Crippen molar-refractivity contribution >= 4 is 75.4 Å². The minimum Gasteiger partial charge on any atom is -0.493 e. The Kier molecular flexibility index (Phi) is 8.66. The lowest BCUT2D eigenvalue weighted by Crippen LogP contribution is -2.36. The molecule has 1 aliphatic rings. The number of amides is 3. The number of methoxy groups -OCH3 is 1. The fourth-order valence-electron chi connectivity index (χ4n) is 3.37. The van der Waals surface area contributed by atoms with E-state index in [0.29, 0.717) is 37.8 Å². The van der Waals surface area contributed by atoms with E-state index in [-0.39, 0.29) is 11.5 Å². The topological polar surface area (TPSA) is 84.9 Å².